The average Bonchev–Trinajstić information content (AvgIpc) is 2.73. The normalized spacial score (nSPS) is 25.2. The molecule has 4 heteroatoms. The van der Waals surface area contributed by atoms with Gasteiger partial charge in [-0.15, -0.1) is 6.58 Å². The molecule has 1 amide bonds. The molecule has 1 aliphatic heterocycles. The lowest BCUT2D eigenvalue weighted by Gasteiger charge is -2.22. The van der Waals surface area contributed by atoms with Crippen LogP contribution in [0.3, 0.4) is 0 Å². The zero-order chi connectivity index (χ0) is 11.3. The number of carbonyl (C=O) groups is 1. The minimum Gasteiger partial charge on any atom is -0.364 e. The summed E-state index contributed by atoms with van der Waals surface area (Å²) in [6.45, 7) is 7.36. The van der Waals surface area contributed by atoms with Crippen LogP contribution in [0.5, 0.6) is 0 Å². The predicted molar refractivity (Wildman–Crippen MR) is 59.4 cm³/mol. The number of ether oxygens (including phenoxy) is 1. The minimum atomic E-state index is -0.293. The summed E-state index contributed by atoms with van der Waals surface area (Å²) in [5.74, 6) is 0.0633. The summed E-state index contributed by atoms with van der Waals surface area (Å²) >= 11 is 0. The highest BCUT2D eigenvalue weighted by Gasteiger charge is 2.31. The monoisotopic (exact) mass is 212 g/mol. The second-order valence-corrected chi connectivity index (χ2v) is 3.73. The molecule has 0 saturated carbocycles. The van der Waals surface area contributed by atoms with Crippen LogP contribution in [-0.2, 0) is 9.53 Å². The van der Waals surface area contributed by atoms with E-state index in [0.29, 0.717) is 19.6 Å². The topological polar surface area (TPSA) is 55.6 Å². The van der Waals surface area contributed by atoms with Gasteiger partial charge < -0.3 is 15.4 Å². The second-order valence-electron chi connectivity index (χ2n) is 3.73. The standard InChI is InChI=1S/C11H20N2O2/c1-3-7-13(4-2)11(14)10-6-5-9(8-12)15-10/h3,9-10H,1,4-8,12H2,2H3. The van der Waals surface area contributed by atoms with Gasteiger partial charge in [0.25, 0.3) is 5.91 Å². The maximum absolute atomic E-state index is 11.9. The Morgan fingerprint density at radius 3 is 2.87 bits per heavy atom. The van der Waals surface area contributed by atoms with E-state index >= 15 is 0 Å². The van der Waals surface area contributed by atoms with E-state index in [4.69, 9.17) is 10.5 Å². The third kappa shape index (κ3) is 3.04. The van der Waals surface area contributed by atoms with Crippen LogP contribution in [0.4, 0.5) is 0 Å². The van der Waals surface area contributed by atoms with Crippen molar-refractivity contribution in [1.29, 1.82) is 0 Å². The number of hydrogen-bond acceptors (Lipinski definition) is 3. The molecular weight excluding hydrogens is 192 g/mol. The van der Waals surface area contributed by atoms with E-state index in [0.717, 1.165) is 12.8 Å². The highest BCUT2D eigenvalue weighted by atomic mass is 16.5. The van der Waals surface area contributed by atoms with E-state index in [9.17, 15) is 4.79 Å². The summed E-state index contributed by atoms with van der Waals surface area (Å²) in [7, 11) is 0. The van der Waals surface area contributed by atoms with Crippen molar-refractivity contribution < 1.29 is 9.53 Å². The molecule has 1 rings (SSSR count). The molecule has 15 heavy (non-hydrogen) atoms. The number of rotatable bonds is 5. The van der Waals surface area contributed by atoms with Crippen molar-refractivity contribution >= 4 is 5.91 Å². The Bertz CT molecular complexity index is 231. The molecule has 0 aromatic rings. The molecule has 0 aromatic carbocycles. The van der Waals surface area contributed by atoms with Crippen LogP contribution < -0.4 is 5.73 Å². The van der Waals surface area contributed by atoms with E-state index in [2.05, 4.69) is 6.58 Å². The lowest BCUT2D eigenvalue weighted by Crippen LogP contribution is -2.39. The summed E-state index contributed by atoms with van der Waals surface area (Å²) in [6.07, 6.45) is 3.17. The number of amides is 1. The molecule has 1 heterocycles. The van der Waals surface area contributed by atoms with Gasteiger partial charge in [-0.1, -0.05) is 6.08 Å². The molecule has 0 radical (unpaired) electrons. The lowest BCUT2D eigenvalue weighted by molar-refractivity contribution is -0.142. The van der Waals surface area contributed by atoms with Crippen LogP contribution in [-0.4, -0.2) is 42.6 Å². The molecule has 1 saturated heterocycles. The van der Waals surface area contributed by atoms with E-state index in [1.165, 1.54) is 0 Å². The van der Waals surface area contributed by atoms with E-state index in [1.54, 1.807) is 11.0 Å². The van der Waals surface area contributed by atoms with Gasteiger partial charge in [-0.3, -0.25) is 4.79 Å². The molecule has 4 nitrogen and oxygen atoms in total. The van der Waals surface area contributed by atoms with Gasteiger partial charge in [0.15, 0.2) is 0 Å². The van der Waals surface area contributed by atoms with Gasteiger partial charge >= 0.3 is 0 Å². The fourth-order valence-corrected chi connectivity index (χ4v) is 1.80. The SMILES string of the molecule is C=CCN(CC)C(=O)C1CCC(CN)O1. The minimum absolute atomic E-state index is 0.0568. The number of likely N-dealkylation sites (N-methyl/N-ethyl adjacent to an activating group) is 1. The Morgan fingerprint density at radius 1 is 1.67 bits per heavy atom. The Hall–Kier alpha value is -0.870. The second kappa shape index (κ2) is 5.88. The van der Waals surface area contributed by atoms with Crippen molar-refractivity contribution in [3.05, 3.63) is 12.7 Å². The maximum Gasteiger partial charge on any atom is 0.251 e. The van der Waals surface area contributed by atoms with Gasteiger partial charge in [0.05, 0.1) is 6.10 Å². The van der Waals surface area contributed by atoms with Crippen LogP contribution in [0, 0.1) is 0 Å². The molecule has 1 fully saturated rings. The van der Waals surface area contributed by atoms with E-state index < -0.39 is 0 Å². The molecule has 0 spiro atoms. The van der Waals surface area contributed by atoms with Crippen molar-refractivity contribution in [3.63, 3.8) is 0 Å². The molecule has 0 aromatic heterocycles. The first-order valence-corrected chi connectivity index (χ1v) is 5.48. The first kappa shape index (κ1) is 12.2. The molecule has 2 N–H and O–H groups in total. The van der Waals surface area contributed by atoms with Gasteiger partial charge in [-0.2, -0.15) is 0 Å². The van der Waals surface area contributed by atoms with Crippen molar-refractivity contribution in [2.24, 2.45) is 5.73 Å². The Kier molecular flexibility index (Phi) is 4.78. The van der Waals surface area contributed by atoms with Crippen LogP contribution in [0.1, 0.15) is 19.8 Å². The summed E-state index contributed by atoms with van der Waals surface area (Å²) in [4.78, 5) is 13.7. The maximum atomic E-state index is 11.9. The summed E-state index contributed by atoms with van der Waals surface area (Å²) in [5, 5.41) is 0. The third-order valence-corrected chi connectivity index (χ3v) is 2.69. The molecule has 1 aliphatic rings. The summed E-state index contributed by atoms with van der Waals surface area (Å²) in [6, 6.07) is 0. The molecule has 2 unspecified atom stereocenters. The predicted octanol–water partition coefficient (Wildman–Crippen LogP) is 0.527. The van der Waals surface area contributed by atoms with Gasteiger partial charge in [0.1, 0.15) is 6.10 Å². The van der Waals surface area contributed by atoms with Gasteiger partial charge in [-0.25, -0.2) is 0 Å². The van der Waals surface area contributed by atoms with Gasteiger partial charge in [0.2, 0.25) is 0 Å². The van der Waals surface area contributed by atoms with Crippen LogP contribution in [0.2, 0.25) is 0 Å². The summed E-state index contributed by atoms with van der Waals surface area (Å²) in [5.41, 5.74) is 5.50. The molecule has 2 atom stereocenters. The smallest absolute Gasteiger partial charge is 0.251 e. The lowest BCUT2D eigenvalue weighted by atomic mass is 10.2. The number of carbonyl (C=O) groups excluding carboxylic acids is 1. The molecule has 0 aliphatic carbocycles. The van der Waals surface area contributed by atoms with Crippen LogP contribution in [0.25, 0.3) is 0 Å². The molecule has 0 bridgehead atoms. The first-order chi connectivity index (χ1) is 7.22. The van der Waals surface area contributed by atoms with Crippen LogP contribution >= 0.6 is 0 Å². The largest absolute Gasteiger partial charge is 0.364 e. The molecule has 86 valence electrons. The number of hydrogen-bond donors (Lipinski definition) is 1. The highest BCUT2D eigenvalue weighted by Crippen LogP contribution is 2.20. The van der Waals surface area contributed by atoms with Crippen molar-refractivity contribution in [2.45, 2.75) is 32.0 Å². The zero-order valence-electron chi connectivity index (χ0n) is 9.32. The number of nitrogens with two attached hydrogens (primary N) is 1. The average molecular weight is 212 g/mol. The first-order valence-electron chi connectivity index (χ1n) is 5.48. The molecular formula is C11H20N2O2. The van der Waals surface area contributed by atoms with Crippen molar-refractivity contribution in [1.82, 2.24) is 4.90 Å². The Labute approximate surface area is 91.1 Å². The fourth-order valence-electron chi connectivity index (χ4n) is 1.80. The fraction of sp³-hybridized carbons (Fsp3) is 0.727. The third-order valence-electron chi connectivity index (χ3n) is 2.69. The zero-order valence-corrected chi connectivity index (χ0v) is 9.32. The van der Waals surface area contributed by atoms with Crippen LogP contribution in [0.15, 0.2) is 12.7 Å². The Balaban J connectivity index is 2.48. The van der Waals surface area contributed by atoms with Crippen molar-refractivity contribution in [3.8, 4) is 0 Å². The summed E-state index contributed by atoms with van der Waals surface area (Å²) < 4.78 is 5.55. The number of nitrogens with zero attached hydrogens (tertiary/aromatic N) is 1. The van der Waals surface area contributed by atoms with Gasteiger partial charge in [-0.05, 0) is 19.8 Å². The Morgan fingerprint density at radius 2 is 2.40 bits per heavy atom. The highest BCUT2D eigenvalue weighted by molar-refractivity contribution is 5.81. The van der Waals surface area contributed by atoms with E-state index in [1.807, 2.05) is 6.92 Å². The van der Waals surface area contributed by atoms with Gasteiger partial charge in [0, 0.05) is 19.6 Å². The van der Waals surface area contributed by atoms with E-state index in [-0.39, 0.29) is 18.1 Å². The quantitative estimate of drug-likeness (QED) is 0.676. The van der Waals surface area contributed by atoms with Crippen molar-refractivity contribution in [2.75, 3.05) is 19.6 Å².